The fraction of sp³-hybridized carbons (Fsp3) is 0.222. The van der Waals surface area contributed by atoms with Crippen LogP contribution < -0.4 is 4.74 Å². The lowest BCUT2D eigenvalue weighted by Gasteiger charge is -2.08. The van der Waals surface area contributed by atoms with Crippen molar-refractivity contribution < 1.29 is 23.9 Å². The van der Waals surface area contributed by atoms with Crippen molar-refractivity contribution in [3.8, 4) is 5.75 Å². The fourth-order valence-electron chi connectivity index (χ4n) is 2.06. The van der Waals surface area contributed by atoms with E-state index in [0.717, 1.165) is 11.1 Å². The van der Waals surface area contributed by atoms with E-state index in [4.69, 9.17) is 14.7 Å². The van der Waals surface area contributed by atoms with Gasteiger partial charge in [-0.25, -0.2) is 9.18 Å². The third-order valence-corrected chi connectivity index (χ3v) is 3.24. The van der Waals surface area contributed by atoms with Crippen LogP contribution >= 0.6 is 0 Å². The largest absolute Gasteiger partial charge is 0.482 e. The highest BCUT2D eigenvalue weighted by molar-refractivity contribution is 5.68. The maximum Gasteiger partial charge on any atom is 0.341 e. The zero-order valence-corrected chi connectivity index (χ0v) is 13.2. The van der Waals surface area contributed by atoms with Crippen molar-refractivity contribution in [2.24, 2.45) is 5.16 Å². The Bertz CT molecular complexity index is 731. The van der Waals surface area contributed by atoms with Crippen LogP contribution in [-0.4, -0.2) is 23.9 Å². The number of hydrogen-bond acceptors (Lipinski definition) is 4. The molecule has 0 aromatic heterocycles. The van der Waals surface area contributed by atoms with Crippen molar-refractivity contribution >= 4 is 12.2 Å². The van der Waals surface area contributed by atoms with E-state index >= 15 is 0 Å². The Labute approximate surface area is 139 Å². The van der Waals surface area contributed by atoms with E-state index in [0.29, 0.717) is 17.7 Å². The molecular weight excluding hydrogens is 313 g/mol. The zero-order valence-electron chi connectivity index (χ0n) is 13.2. The highest BCUT2D eigenvalue weighted by Gasteiger charge is 2.04. The van der Waals surface area contributed by atoms with Crippen LogP contribution in [-0.2, 0) is 22.7 Å². The number of nitrogens with zero attached hydrogens (tertiary/aromatic N) is 1. The summed E-state index contributed by atoms with van der Waals surface area (Å²) >= 11 is 0. The summed E-state index contributed by atoms with van der Waals surface area (Å²) in [5.74, 6) is -0.799. The summed E-state index contributed by atoms with van der Waals surface area (Å²) in [4.78, 5) is 15.6. The first-order chi connectivity index (χ1) is 11.6. The minimum atomic E-state index is -1.02. The molecule has 0 aliphatic carbocycles. The Balaban J connectivity index is 1.82. The molecule has 0 saturated heterocycles. The Morgan fingerprint density at radius 2 is 2.08 bits per heavy atom. The Hall–Kier alpha value is -2.89. The SMILES string of the molecule is Cc1cc(CC=NOCc2ccccc2F)ccc1OCC(=O)O. The van der Waals surface area contributed by atoms with Gasteiger partial charge in [0.05, 0.1) is 0 Å². The maximum absolute atomic E-state index is 13.4. The predicted molar refractivity (Wildman–Crippen MR) is 87.7 cm³/mol. The molecule has 0 atom stereocenters. The number of carbonyl (C=O) groups is 1. The van der Waals surface area contributed by atoms with Crippen molar-refractivity contribution in [3.63, 3.8) is 0 Å². The second-order valence-electron chi connectivity index (χ2n) is 5.14. The van der Waals surface area contributed by atoms with Crippen LogP contribution in [0.15, 0.2) is 47.6 Å². The lowest BCUT2D eigenvalue weighted by atomic mass is 10.1. The van der Waals surface area contributed by atoms with Crippen LogP contribution in [0.3, 0.4) is 0 Å². The van der Waals surface area contributed by atoms with Crippen LogP contribution in [0.4, 0.5) is 4.39 Å². The van der Waals surface area contributed by atoms with Gasteiger partial charge in [-0.3, -0.25) is 0 Å². The van der Waals surface area contributed by atoms with E-state index in [9.17, 15) is 9.18 Å². The van der Waals surface area contributed by atoms with E-state index in [2.05, 4.69) is 5.16 Å². The van der Waals surface area contributed by atoms with Gasteiger partial charge >= 0.3 is 5.97 Å². The van der Waals surface area contributed by atoms with Crippen molar-refractivity contribution in [2.75, 3.05) is 6.61 Å². The molecule has 0 amide bonds. The molecule has 2 aromatic carbocycles. The normalized spacial score (nSPS) is 10.8. The second kappa shape index (κ2) is 8.67. The molecule has 0 radical (unpaired) electrons. The monoisotopic (exact) mass is 331 g/mol. The number of ether oxygens (including phenoxy) is 1. The standard InChI is InChI=1S/C18H18FNO4/c1-13-10-14(6-7-17(13)23-12-18(21)22)8-9-20-24-11-15-4-2-3-5-16(15)19/h2-7,9-10H,8,11-12H2,1H3,(H,21,22). The third kappa shape index (κ3) is 5.39. The number of rotatable bonds is 8. The molecule has 126 valence electrons. The lowest BCUT2D eigenvalue weighted by molar-refractivity contribution is -0.139. The molecular formula is C18H18FNO4. The molecule has 6 heteroatoms. The van der Waals surface area contributed by atoms with E-state index in [-0.39, 0.29) is 19.0 Å². The van der Waals surface area contributed by atoms with Gasteiger partial charge < -0.3 is 14.7 Å². The summed E-state index contributed by atoms with van der Waals surface area (Å²) in [5, 5.41) is 12.4. The molecule has 2 rings (SSSR count). The van der Waals surface area contributed by atoms with Crippen LogP contribution in [0.25, 0.3) is 0 Å². The molecule has 0 aliphatic rings. The van der Waals surface area contributed by atoms with Gasteiger partial charge in [-0.2, -0.15) is 0 Å². The lowest BCUT2D eigenvalue weighted by Crippen LogP contribution is -2.10. The molecule has 0 fully saturated rings. The Morgan fingerprint density at radius 1 is 1.29 bits per heavy atom. The molecule has 2 aromatic rings. The molecule has 24 heavy (non-hydrogen) atoms. The van der Waals surface area contributed by atoms with Gasteiger partial charge in [0.25, 0.3) is 0 Å². The van der Waals surface area contributed by atoms with Crippen LogP contribution in [0.2, 0.25) is 0 Å². The summed E-state index contributed by atoms with van der Waals surface area (Å²) in [6.07, 6.45) is 2.13. The Kier molecular flexibility index (Phi) is 6.31. The van der Waals surface area contributed by atoms with Crippen molar-refractivity contribution in [3.05, 3.63) is 65.0 Å². The highest BCUT2D eigenvalue weighted by Crippen LogP contribution is 2.19. The number of carboxylic acids is 1. The van der Waals surface area contributed by atoms with E-state index in [1.807, 2.05) is 19.1 Å². The van der Waals surface area contributed by atoms with Gasteiger partial charge in [0, 0.05) is 18.2 Å². The highest BCUT2D eigenvalue weighted by atomic mass is 19.1. The van der Waals surface area contributed by atoms with Crippen LogP contribution in [0, 0.1) is 12.7 Å². The van der Waals surface area contributed by atoms with Gasteiger partial charge in [0.2, 0.25) is 0 Å². The van der Waals surface area contributed by atoms with Gasteiger partial charge in [-0.05, 0) is 30.2 Å². The number of carboxylic acid groups (broad SMARTS) is 1. The van der Waals surface area contributed by atoms with Crippen LogP contribution in [0.1, 0.15) is 16.7 Å². The number of halogens is 1. The number of benzene rings is 2. The van der Waals surface area contributed by atoms with Gasteiger partial charge in [0.15, 0.2) is 6.61 Å². The number of hydrogen-bond donors (Lipinski definition) is 1. The second-order valence-corrected chi connectivity index (χ2v) is 5.14. The molecule has 5 nitrogen and oxygen atoms in total. The first-order valence-corrected chi connectivity index (χ1v) is 7.37. The molecule has 1 N–H and O–H groups in total. The molecule has 0 saturated carbocycles. The molecule has 0 unspecified atom stereocenters. The number of aliphatic carboxylic acids is 1. The summed E-state index contributed by atoms with van der Waals surface area (Å²) in [6, 6.07) is 11.8. The van der Waals surface area contributed by atoms with Crippen molar-refractivity contribution in [1.82, 2.24) is 0 Å². The average Bonchev–Trinajstić information content (AvgIpc) is 2.55. The number of aryl methyl sites for hydroxylation is 1. The Morgan fingerprint density at radius 3 is 2.79 bits per heavy atom. The van der Waals surface area contributed by atoms with Crippen molar-refractivity contribution in [1.29, 1.82) is 0 Å². The minimum absolute atomic E-state index is 0.0736. The quantitative estimate of drug-likeness (QED) is 0.595. The summed E-state index contributed by atoms with van der Waals surface area (Å²) in [6.45, 7) is 1.54. The van der Waals surface area contributed by atoms with E-state index < -0.39 is 5.97 Å². The molecule has 0 spiro atoms. The summed E-state index contributed by atoms with van der Waals surface area (Å²) in [7, 11) is 0. The minimum Gasteiger partial charge on any atom is -0.482 e. The molecule has 0 bridgehead atoms. The maximum atomic E-state index is 13.4. The third-order valence-electron chi connectivity index (χ3n) is 3.24. The summed E-state index contributed by atoms with van der Waals surface area (Å²) < 4.78 is 18.5. The average molecular weight is 331 g/mol. The first-order valence-electron chi connectivity index (χ1n) is 7.37. The topological polar surface area (TPSA) is 68.1 Å². The van der Waals surface area contributed by atoms with Crippen molar-refractivity contribution in [2.45, 2.75) is 20.0 Å². The predicted octanol–water partition coefficient (Wildman–Crippen LogP) is 3.34. The first kappa shape index (κ1) is 17.5. The van der Waals surface area contributed by atoms with Gasteiger partial charge in [-0.15, -0.1) is 0 Å². The van der Waals surface area contributed by atoms with Crippen LogP contribution in [0.5, 0.6) is 5.75 Å². The zero-order chi connectivity index (χ0) is 17.4. The van der Waals surface area contributed by atoms with E-state index in [1.54, 1.807) is 30.5 Å². The molecule has 0 heterocycles. The van der Waals surface area contributed by atoms with Gasteiger partial charge in [-0.1, -0.05) is 35.5 Å². The van der Waals surface area contributed by atoms with E-state index in [1.165, 1.54) is 6.07 Å². The smallest absolute Gasteiger partial charge is 0.341 e. The number of oxime groups is 1. The summed E-state index contributed by atoms with van der Waals surface area (Å²) in [5.41, 5.74) is 2.27. The fourth-order valence-corrected chi connectivity index (χ4v) is 2.06. The van der Waals surface area contributed by atoms with Gasteiger partial charge in [0.1, 0.15) is 18.2 Å². The molecule has 0 aliphatic heterocycles.